The van der Waals surface area contributed by atoms with Crippen LogP contribution in [0, 0.1) is 5.92 Å². The van der Waals surface area contributed by atoms with E-state index < -0.39 is 0 Å². The number of hydrogen-bond acceptors (Lipinski definition) is 3. The molecule has 2 N–H and O–H groups in total. The number of anilines is 1. The van der Waals surface area contributed by atoms with Gasteiger partial charge in [0.05, 0.1) is 4.88 Å². The Bertz CT molecular complexity index is 663. The van der Waals surface area contributed by atoms with E-state index in [1.54, 1.807) is 30.3 Å². The van der Waals surface area contributed by atoms with Crippen LogP contribution in [0.15, 0.2) is 41.8 Å². The topological polar surface area (TPSA) is 58.2 Å². The zero-order valence-electron chi connectivity index (χ0n) is 14.3. The minimum absolute atomic E-state index is 0.0811. The molecular weight excluding hydrogens is 320 g/mol. The Balaban J connectivity index is 1.89. The third-order valence-electron chi connectivity index (χ3n) is 3.70. The molecular formula is C19H24N2O2S. The highest BCUT2D eigenvalue weighted by Crippen LogP contribution is 2.14. The average Bonchev–Trinajstić information content (AvgIpc) is 3.08. The van der Waals surface area contributed by atoms with Crippen molar-refractivity contribution in [1.82, 2.24) is 5.32 Å². The van der Waals surface area contributed by atoms with Crippen LogP contribution in [-0.4, -0.2) is 17.9 Å². The van der Waals surface area contributed by atoms with Gasteiger partial charge in [-0.15, -0.1) is 11.3 Å². The molecule has 2 aromatic rings. The average molecular weight is 344 g/mol. The number of benzene rings is 1. The molecule has 24 heavy (non-hydrogen) atoms. The molecule has 0 fully saturated rings. The lowest BCUT2D eigenvalue weighted by molar-refractivity contribution is 0.0936. The molecule has 1 atom stereocenters. The summed E-state index contributed by atoms with van der Waals surface area (Å²) in [6, 6.07) is 10.7. The van der Waals surface area contributed by atoms with Crippen LogP contribution in [0.2, 0.25) is 0 Å². The lowest BCUT2D eigenvalue weighted by Crippen LogP contribution is -2.32. The summed E-state index contributed by atoms with van der Waals surface area (Å²) in [6.07, 6.45) is 2.06. The summed E-state index contributed by atoms with van der Waals surface area (Å²) in [4.78, 5) is 24.9. The van der Waals surface area contributed by atoms with Crippen molar-refractivity contribution >= 4 is 28.8 Å². The van der Waals surface area contributed by atoms with Gasteiger partial charge in [-0.25, -0.2) is 0 Å². The second-order valence-electron chi connectivity index (χ2n) is 6.35. The first-order valence-corrected chi connectivity index (χ1v) is 9.09. The number of thiophene rings is 1. The number of carbonyl (C=O) groups is 2. The summed E-state index contributed by atoms with van der Waals surface area (Å²) >= 11 is 1.40. The number of nitrogens with one attached hydrogen (secondary N) is 2. The van der Waals surface area contributed by atoms with Crippen molar-refractivity contribution < 1.29 is 9.59 Å². The summed E-state index contributed by atoms with van der Waals surface area (Å²) in [7, 11) is 0. The van der Waals surface area contributed by atoms with E-state index >= 15 is 0 Å². The lowest BCUT2D eigenvalue weighted by atomic mass is 10.0. The van der Waals surface area contributed by atoms with Crippen LogP contribution in [0.25, 0.3) is 0 Å². The van der Waals surface area contributed by atoms with Gasteiger partial charge in [0.2, 0.25) is 0 Å². The van der Waals surface area contributed by atoms with Gasteiger partial charge < -0.3 is 10.6 Å². The van der Waals surface area contributed by atoms with Crippen LogP contribution in [0.1, 0.15) is 53.6 Å². The van der Waals surface area contributed by atoms with Crippen LogP contribution in [-0.2, 0) is 0 Å². The largest absolute Gasteiger partial charge is 0.350 e. The highest BCUT2D eigenvalue weighted by Gasteiger charge is 2.11. The zero-order chi connectivity index (χ0) is 17.5. The molecule has 4 nitrogen and oxygen atoms in total. The van der Waals surface area contributed by atoms with Gasteiger partial charge >= 0.3 is 0 Å². The van der Waals surface area contributed by atoms with E-state index in [1.807, 2.05) is 18.4 Å². The Morgan fingerprint density at radius 3 is 2.29 bits per heavy atom. The molecule has 1 aromatic heterocycles. The number of rotatable bonds is 7. The van der Waals surface area contributed by atoms with E-state index in [4.69, 9.17) is 0 Å². The summed E-state index contributed by atoms with van der Waals surface area (Å²) < 4.78 is 0. The summed E-state index contributed by atoms with van der Waals surface area (Å²) in [5, 5.41) is 7.70. The normalized spacial score (nSPS) is 12.0. The Labute approximate surface area is 147 Å². The first kappa shape index (κ1) is 18.2. The van der Waals surface area contributed by atoms with E-state index in [0.29, 0.717) is 22.0 Å². The highest BCUT2D eigenvalue weighted by atomic mass is 32.1. The molecule has 0 aliphatic carbocycles. The maximum atomic E-state index is 12.2. The van der Waals surface area contributed by atoms with Gasteiger partial charge in [-0.3, -0.25) is 9.59 Å². The van der Waals surface area contributed by atoms with Crippen LogP contribution >= 0.6 is 11.3 Å². The van der Waals surface area contributed by atoms with E-state index in [1.165, 1.54) is 11.3 Å². The number of hydrogen-bond donors (Lipinski definition) is 2. The summed E-state index contributed by atoms with van der Waals surface area (Å²) in [5.74, 6) is 0.419. The Hall–Kier alpha value is -2.14. The highest BCUT2D eigenvalue weighted by molar-refractivity contribution is 7.12. The van der Waals surface area contributed by atoms with Crippen LogP contribution < -0.4 is 10.6 Å². The van der Waals surface area contributed by atoms with Crippen molar-refractivity contribution in [1.29, 1.82) is 0 Å². The van der Waals surface area contributed by atoms with E-state index in [9.17, 15) is 9.59 Å². The van der Waals surface area contributed by atoms with Gasteiger partial charge in [-0.1, -0.05) is 19.9 Å². The van der Waals surface area contributed by atoms with Gasteiger partial charge in [0.15, 0.2) is 0 Å². The Kier molecular flexibility index (Phi) is 6.55. The molecule has 0 saturated carbocycles. The van der Waals surface area contributed by atoms with Crippen molar-refractivity contribution in [3.05, 3.63) is 52.2 Å². The molecule has 2 amide bonds. The fraction of sp³-hybridized carbons (Fsp3) is 0.368. The molecule has 128 valence electrons. The van der Waals surface area contributed by atoms with E-state index in [2.05, 4.69) is 24.5 Å². The monoisotopic (exact) mass is 344 g/mol. The molecule has 0 saturated heterocycles. The third kappa shape index (κ3) is 5.49. The van der Waals surface area contributed by atoms with Crippen molar-refractivity contribution in [2.75, 3.05) is 5.32 Å². The molecule has 1 heterocycles. The first-order chi connectivity index (χ1) is 11.5. The predicted octanol–water partition coefficient (Wildman–Crippen LogP) is 4.55. The van der Waals surface area contributed by atoms with Gasteiger partial charge in [0, 0.05) is 17.3 Å². The SMILES string of the molecule is CC(C)CCC(C)NC(=O)c1ccc(NC(=O)c2cccs2)cc1. The molecule has 0 radical (unpaired) electrons. The lowest BCUT2D eigenvalue weighted by Gasteiger charge is -2.15. The molecule has 0 spiro atoms. The maximum Gasteiger partial charge on any atom is 0.265 e. The third-order valence-corrected chi connectivity index (χ3v) is 4.57. The standard InChI is InChI=1S/C19H24N2O2S/c1-13(2)6-7-14(3)20-18(22)15-8-10-16(11-9-15)21-19(23)17-5-4-12-24-17/h4-5,8-14H,6-7H2,1-3H3,(H,20,22)(H,21,23). The van der Waals surface area contributed by atoms with Crippen molar-refractivity contribution in [3.8, 4) is 0 Å². The predicted molar refractivity (Wildman–Crippen MR) is 99.7 cm³/mol. The first-order valence-electron chi connectivity index (χ1n) is 8.21. The van der Waals surface area contributed by atoms with Gasteiger partial charge in [0.25, 0.3) is 11.8 Å². The minimum atomic E-state index is -0.135. The zero-order valence-corrected chi connectivity index (χ0v) is 15.2. The fourth-order valence-electron chi connectivity index (χ4n) is 2.27. The maximum absolute atomic E-state index is 12.2. The van der Waals surface area contributed by atoms with Gasteiger partial charge in [-0.05, 0) is 61.4 Å². The van der Waals surface area contributed by atoms with Crippen LogP contribution in [0.4, 0.5) is 5.69 Å². The summed E-state index contributed by atoms with van der Waals surface area (Å²) in [6.45, 7) is 6.38. The number of amides is 2. The number of carbonyl (C=O) groups excluding carboxylic acids is 2. The molecule has 5 heteroatoms. The molecule has 2 rings (SSSR count). The van der Waals surface area contributed by atoms with Crippen molar-refractivity contribution in [3.63, 3.8) is 0 Å². The summed E-state index contributed by atoms with van der Waals surface area (Å²) in [5.41, 5.74) is 1.28. The van der Waals surface area contributed by atoms with Gasteiger partial charge in [0.1, 0.15) is 0 Å². The fourth-order valence-corrected chi connectivity index (χ4v) is 2.89. The second-order valence-corrected chi connectivity index (χ2v) is 7.30. The van der Waals surface area contributed by atoms with Crippen LogP contribution in [0.3, 0.4) is 0 Å². The van der Waals surface area contributed by atoms with Crippen molar-refractivity contribution in [2.24, 2.45) is 5.92 Å². The Morgan fingerprint density at radius 1 is 1.00 bits per heavy atom. The van der Waals surface area contributed by atoms with E-state index in [0.717, 1.165) is 12.8 Å². The second kappa shape index (κ2) is 8.64. The molecule has 0 aliphatic rings. The van der Waals surface area contributed by atoms with Gasteiger partial charge in [-0.2, -0.15) is 0 Å². The molecule has 1 unspecified atom stereocenters. The van der Waals surface area contributed by atoms with E-state index in [-0.39, 0.29) is 17.9 Å². The smallest absolute Gasteiger partial charge is 0.265 e. The van der Waals surface area contributed by atoms with Crippen LogP contribution in [0.5, 0.6) is 0 Å². The Morgan fingerprint density at radius 2 is 1.71 bits per heavy atom. The molecule has 0 bridgehead atoms. The quantitative estimate of drug-likeness (QED) is 0.774. The molecule has 1 aromatic carbocycles. The van der Waals surface area contributed by atoms with Crippen molar-refractivity contribution in [2.45, 2.75) is 39.7 Å². The molecule has 0 aliphatic heterocycles. The minimum Gasteiger partial charge on any atom is -0.350 e.